The minimum atomic E-state index is -0.770. The molecule has 0 aliphatic carbocycles. The van der Waals surface area contributed by atoms with Gasteiger partial charge in [-0.2, -0.15) is 0 Å². The lowest BCUT2D eigenvalue weighted by Crippen LogP contribution is -2.49. The Labute approximate surface area is 90.8 Å². The Morgan fingerprint density at radius 1 is 1.53 bits per heavy atom. The number of hydrogen-bond donors (Lipinski definition) is 2. The zero-order valence-corrected chi connectivity index (χ0v) is 9.69. The summed E-state index contributed by atoms with van der Waals surface area (Å²) in [5.41, 5.74) is 5.65. The molecule has 1 aliphatic heterocycles. The van der Waals surface area contributed by atoms with Crippen LogP contribution >= 0.6 is 0 Å². The fourth-order valence-corrected chi connectivity index (χ4v) is 2.70. The van der Waals surface area contributed by atoms with Crippen molar-refractivity contribution in [3.8, 4) is 0 Å². The Morgan fingerprint density at radius 2 is 2.00 bits per heavy atom. The molecule has 0 saturated carbocycles. The molecule has 3 unspecified atom stereocenters. The van der Waals surface area contributed by atoms with Crippen LogP contribution in [0.2, 0.25) is 0 Å². The first kappa shape index (κ1) is 12.5. The molecule has 0 radical (unpaired) electrons. The second kappa shape index (κ2) is 4.49. The number of hydrogen-bond acceptors (Lipinski definition) is 3. The van der Waals surface area contributed by atoms with Gasteiger partial charge >= 0.3 is 5.97 Å². The van der Waals surface area contributed by atoms with E-state index in [9.17, 15) is 4.79 Å². The normalized spacial score (nSPS) is 38.7. The molecule has 4 nitrogen and oxygen atoms in total. The molecule has 1 fully saturated rings. The summed E-state index contributed by atoms with van der Waals surface area (Å²) in [7, 11) is 0. The first-order chi connectivity index (χ1) is 6.85. The van der Waals surface area contributed by atoms with E-state index in [2.05, 4.69) is 0 Å². The van der Waals surface area contributed by atoms with Gasteiger partial charge in [0.1, 0.15) is 0 Å². The summed E-state index contributed by atoms with van der Waals surface area (Å²) in [6, 6.07) is -0.109. The van der Waals surface area contributed by atoms with Gasteiger partial charge in [-0.15, -0.1) is 0 Å². The van der Waals surface area contributed by atoms with E-state index in [0.717, 1.165) is 12.8 Å². The highest BCUT2D eigenvalue weighted by Gasteiger charge is 2.42. The quantitative estimate of drug-likeness (QED) is 0.746. The maximum absolute atomic E-state index is 10.9. The van der Waals surface area contributed by atoms with Gasteiger partial charge < -0.3 is 15.6 Å². The number of carboxylic acid groups (broad SMARTS) is 1. The van der Waals surface area contributed by atoms with Crippen molar-refractivity contribution in [1.29, 1.82) is 0 Å². The van der Waals surface area contributed by atoms with E-state index in [1.165, 1.54) is 0 Å². The van der Waals surface area contributed by atoms with Crippen LogP contribution in [0.4, 0.5) is 0 Å². The number of rotatable bonds is 3. The van der Waals surface area contributed by atoms with Gasteiger partial charge in [0, 0.05) is 11.5 Å². The molecule has 3 N–H and O–H groups in total. The molecule has 0 spiro atoms. The van der Waals surface area contributed by atoms with Crippen molar-refractivity contribution in [2.45, 2.75) is 58.3 Å². The van der Waals surface area contributed by atoms with Crippen LogP contribution in [0.25, 0.3) is 0 Å². The van der Waals surface area contributed by atoms with Gasteiger partial charge in [-0.1, -0.05) is 0 Å². The molecule has 88 valence electrons. The van der Waals surface area contributed by atoms with Gasteiger partial charge in [0.05, 0.1) is 18.6 Å². The molecule has 0 aromatic rings. The van der Waals surface area contributed by atoms with Gasteiger partial charge in [0.2, 0.25) is 0 Å². The van der Waals surface area contributed by atoms with Crippen molar-refractivity contribution in [2.24, 2.45) is 11.1 Å². The van der Waals surface area contributed by atoms with Crippen LogP contribution in [-0.4, -0.2) is 29.3 Å². The van der Waals surface area contributed by atoms with Crippen LogP contribution < -0.4 is 5.73 Å². The van der Waals surface area contributed by atoms with Gasteiger partial charge in [-0.3, -0.25) is 4.79 Å². The van der Waals surface area contributed by atoms with E-state index in [0.29, 0.717) is 0 Å². The molecule has 1 saturated heterocycles. The summed E-state index contributed by atoms with van der Waals surface area (Å²) in [5, 5.41) is 8.96. The topological polar surface area (TPSA) is 72.5 Å². The zero-order valence-electron chi connectivity index (χ0n) is 9.69. The van der Waals surface area contributed by atoms with Gasteiger partial charge in [-0.05, 0) is 33.6 Å². The van der Waals surface area contributed by atoms with Gasteiger partial charge in [-0.25, -0.2) is 0 Å². The Bertz CT molecular complexity index is 230. The second-order valence-electron chi connectivity index (χ2n) is 4.89. The smallest absolute Gasteiger partial charge is 0.303 e. The standard InChI is InChI=1S/C11H21NO3/c1-7-4-11(9(3)12,6-10(13)14)5-8(2)15-7/h7-9H,4-6,12H2,1-3H3,(H,13,14). The molecule has 0 aromatic heterocycles. The van der Waals surface area contributed by atoms with E-state index in [-0.39, 0.29) is 30.1 Å². The van der Waals surface area contributed by atoms with E-state index >= 15 is 0 Å². The van der Waals surface area contributed by atoms with Gasteiger partial charge in [0.15, 0.2) is 0 Å². The lowest BCUT2D eigenvalue weighted by Gasteiger charge is -2.44. The average Bonchev–Trinajstić information content (AvgIpc) is 1.99. The maximum Gasteiger partial charge on any atom is 0.303 e. The number of carbonyl (C=O) groups is 1. The summed E-state index contributed by atoms with van der Waals surface area (Å²) < 4.78 is 5.62. The third-order valence-corrected chi connectivity index (χ3v) is 3.32. The van der Waals surface area contributed by atoms with Crippen molar-refractivity contribution in [1.82, 2.24) is 0 Å². The molecule has 1 aliphatic rings. The lowest BCUT2D eigenvalue weighted by atomic mass is 9.69. The zero-order chi connectivity index (χ0) is 11.6. The lowest BCUT2D eigenvalue weighted by molar-refractivity contribution is -0.146. The molecular formula is C11H21NO3. The molecule has 0 amide bonds. The Hall–Kier alpha value is -0.610. The number of aliphatic carboxylic acids is 1. The monoisotopic (exact) mass is 215 g/mol. The summed E-state index contributed by atoms with van der Waals surface area (Å²) in [6.07, 6.45) is 1.81. The van der Waals surface area contributed by atoms with Crippen LogP contribution in [0.5, 0.6) is 0 Å². The highest BCUT2D eigenvalue weighted by Crippen LogP contribution is 2.41. The minimum Gasteiger partial charge on any atom is -0.481 e. The Balaban J connectivity index is 2.84. The van der Waals surface area contributed by atoms with Crippen LogP contribution in [0, 0.1) is 5.41 Å². The second-order valence-corrected chi connectivity index (χ2v) is 4.89. The van der Waals surface area contributed by atoms with Crippen molar-refractivity contribution in [2.75, 3.05) is 0 Å². The summed E-state index contributed by atoms with van der Waals surface area (Å²) in [4.78, 5) is 10.9. The predicted octanol–water partition coefficient (Wildman–Crippen LogP) is 1.38. The highest BCUT2D eigenvalue weighted by atomic mass is 16.5. The molecule has 0 bridgehead atoms. The predicted molar refractivity (Wildman–Crippen MR) is 57.6 cm³/mol. The van der Waals surface area contributed by atoms with E-state index < -0.39 is 5.97 Å². The summed E-state index contributed by atoms with van der Waals surface area (Å²) >= 11 is 0. The largest absolute Gasteiger partial charge is 0.481 e. The summed E-state index contributed by atoms with van der Waals surface area (Å²) in [6.45, 7) is 5.86. The van der Waals surface area contributed by atoms with Crippen molar-refractivity contribution >= 4 is 5.97 Å². The van der Waals surface area contributed by atoms with E-state index in [1.807, 2.05) is 20.8 Å². The highest BCUT2D eigenvalue weighted by molar-refractivity contribution is 5.68. The third-order valence-electron chi connectivity index (χ3n) is 3.32. The minimum absolute atomic E-state index is 0.0964. The fourth-order valence-electron chi connectivity index (χ4n) is 2.70. The number of nitrogens with two attached hydrogens (primary N) is 1. The van der Waals surface area contributed by atoms with Crippen molar-refractivity contribution in [3.05, 3.63) is 0 Å². The molecule has 1 rings (SSSR count). The molecule has 1 heterocycles. The number of carboxylic acids is 1. The first-order valence-corrected chi connectivity index (χ1v) is 5.48. The van der Waals surface area contributed by atoms with Gasteiger partial charge in [0.25, 0.3) is 0 Å². The van der Waals surface area contributed by atoms with E-state index in [4.69, 9.17) is 15.6 Å². The van der Waals surface area contributed by atoms with Crippen LogP contribution in [0.3, 0.4) is 0 Å². The average molecular weight is 215 g/mol. The van der Waals surface area contributed by atoms with Crippen molar-refractivity contribution < 1.29 is 14.6 Å². The SMILES string of the molecule is CC1CC(CC(=O)O)(C(C)N)CC(C)O1. The number of ether oxygens (including phenoxy) is 1. The molecular weight excluding hydrogens is 194 g/mol. The Morgan fingerprint density at radius 3 is 2.33 bits per heavy atom. The first-order valence-electron chi connectivity index (χ1n) is 5.48. The van der Waals surface area contributed by atoms with Crippen LogP contribution in [0.1, 0.15) is 40.0 Å². The van der Waals surface area contributed by atoms with Crippen LogP contribution in [0.15, 0.2) is 0 Å². The van der Waals surface area contributed by atoms with E-state index in [1.54, 1.807) is 0 Å². The molecule has 0 aromatic carbocycles. The summed E-state index contributed by atoms with van der Waals surface area (Å²) in [5.74, 6) is -0.770. The maximum atomic E-state index is 10.9. The molecule has 4 heteroatoms. The molecule has 3 atom stereocenters. The fraction of sp³-hybridized carbons (Fsp3) is 0.909. The van der Waals surface area contributed by atoms with Crippen molar-refractivity contribution in [3.63, 3.8) is 0 Å². The third kappa shape index (κ3) is 2.92. The Kier molecular flexibility index (Phi) is 3.73. The molecule has 15 heavy (non-hydrogen) atoms. The van der Waals surface area contributed by atoms with Crippen LogP contribution in [-0.2, 0) is 9.53 Å².